The molecule has 1 saturated heterocycles. The van der Waals surface area contributed by atoms with Gasteiger partial charge in [-0.2, -0.15) is 5.26 Å². The van der Waals surface area contributed by atoms with E-state index >= 15 is 0 Å². The molecular weight excluding hydrogens is 240 g/mol. The van der Waals surface area contributed by atoms with Crippen molar-refractivity contribution in [2.45, 2.75) is 45.1 Å². The molecule has 1 aliphatic heterocycles. The van der Waals surface area contributed by atoms with Crippen molar-refractivity contribution in [3.05, 3.63) is 0 Å². The topological polar surface area (TPSA) is 68.2 Å². The molecule has 1 heterocycles. The molecule has 0 aromatic heterocycles. The maximum atomic E-state index is 11.8. The van der Waals surface area contributed by atoms with E-state index in [1.807, 2.05) is 6.07 Å². The lowest BCUT2D eigenvalue weighted by Crippen LogP contribution is -2.49. The molecule has 1 rings (SSSR count). The Labute approximate surface area is 116 Å². The zero-order valence-corrected chi connectivity index (χ0v) is 12.0. The summed E-state index contributed by atoms with van der Waals surface area (Å²) in [6.07, 6.45) is 5.12. The predicted octanol–water partition coefficient (Wildman–Crippen LogP) is 0.870. The van der Waals surface area contributed by atoms with Crippen molar-refractivity contribution in [1.29, 1.82) is 5.26 Å². The maximum absolute atomic E-state index is 11.8. The van der Waals surface area contributed by atoms with Crippen molar-refractivity contribution in [3.8, 4) is 6.07 Å². The third-order valence-electron chi connectivity index (χ3n) is 3.46. The van der Waals surface area contributed by atoms with Gasteiger partial charge in [-0.3, -0.25) is 9.69 Å². The molecule has 5 nitrogen and oxygen atoms in total. The van der Waals surface area contributed by atoms with Crippen LogP contribution in [0.25, 0.3) is 0 Å². The van der Waals surface area contributed by atoms with Gasteiger partial charge in [-0.1, -0.05) is 13.3 Å². The molecule has 0 radical (unpaired) electrons. The molecule has 108 valence electrons. The van der Waals surface area contributed by atoms with Crippen LogP contribution in [0.15, 0.2) is 0 Å². The molecule has 1 atom stereocenters. The van der Waals surface area contributed by atoms with Crippen molar-refractivity contribution < 1.29 is 4.79 Å². The van der Waals surface area contributed by atoms with Crippen LogP contribution in [-0.4, -0.2) is 49.6 Å². The van der Waals surface area contributed by atoms with Crippen molar-refractivity contribution in [2.24, 2.45) is 0 Å². The van der Waals surface area contributed by atoms with Gasteiger partial charge in [0.25, 0.3) is 0 Å². The summed E-state index contributed by atoms with van der Waals surface area (Å²) in [7, 11) is 0. The summed E-state index contributed by atoms with van der Waals surface area (Å²) in [6.45, 7) is 6.10. The molecule has 0 spiro atoms. The molecule has 1 amide bonds. The summed E-state index contributed by atoms with van der Waals surface area (Å²) >= 11 is 0. The van der Waals surface area contributed by atoms with Crippen LogP contribution < -0.4 is 10.6 Å². The fraction of sp³-hybridized carbons (Fsp3) is 0.857. The first-order valence-corrected chi connectivity index (χ1v) is 7.36. The Hall–Kier alpha value is -1.12. The van der Waals surface area contributed by atoms with E-state index in [2.05, 4.69) is 22.5 Å². The average molecular weight is 266 g/mol. The van der Waals surface area contributed by atoms with E-state index in [0.29, 0.717) is 25.6 Å². The van der Waals surface area contributed by atoms with Crippen molar-refractivity contribution >= 4 is 5.91 Å². The van der Waals surface area contributed by atoms with E-state index in [1.165, 1.54) is 19.3 Å². The van der Waals surface area contributed by atoms with Crippen molar-refractivity contribution in [1.82, 2.24) is 15.5 Å². The Bertz CT molecular complexity index is 300. The minimum absolute atomic E-state index is 0.0395. The van der Waals surface area contributed by atoms with Crippen LogP contribution in [0, 0.1) is 11.3 Å². The molecule has 0 bridgehead atoms. The molecule has 0 aromatic carbocycles. The second kappa shape index (κ2) is 9.76. The van der Waals surface area contributed by atoms with Crippen LogP contribution in [0.1, 0.15) is 39.0 Å². The van der Waals surface area contributed by atoms with Crippen LogP contribution in [0.5, 0.6) is 0 Å². The third kappa shape index (κ3) is 6.55. The van der Waals surface area contributed by atoms with Crippen LogP contribution in [0.4, 0.5) is 0 Å². The van der Waals surface area contributed by atoms with Gasteiger partial charge in [-0.15, -0.1) is 0 Å². The number of rotatable bonds is 8. The van der Waals surface area contributed by atoms with Gasteiger partial charge in [0.05, 0.1) is 19.0 Å². The van der Waals surface area contributed by atoms with Crippen LogP contribution in [0.2, 0.25) is 0 Å². The van der Waals surface area contributed by atoms with Gasteiger partial charge in [0, 0.05) is 19.1 Å². The van der Waals surface area contributed by atoms with Gasteiger partial charge in [-0.25, -0.2) is 0 Å². The highest BCUT2D eigenvalue weighted by Crippen LogP contribution is 2.15. The Morgan fingerprint density at radius 1 is 1.42 bits per heavy atom. The number of carbonyl (C=O) groups excluding carboxylic acids is 1. The fourth-order valence-electron chi connectivity index (χ4n) is 2.44. The molecule has 0 saturated carbocycles. The molecular formula is C14H26N4O. The summed E-state index contributed by atoms with van der Waals surface area (Å²) in [5, 5.41) is 14.7. The number of hydrogen-bond acceptors (Lipinski definition) is 4. The van der Waals surface area contributed by atoms with E-state index in [0.717, 1.165) is 26.1 Å². The molecule has 5 heteroatoms. The van der Waals surface area contributed by atoms with E-state index in [9.17, 15) is 4.79 Å². The van der Waals surface area contributed by atoms with Gasteiger partial charge in [0.15, 0.2) is 0 Å². The van der Waals surface area contributed by atoms with Crippen LogP contribution >= 0.6 is 0 Å². The van der Waals surface area contributed by atoms with E-state index < -0.39 is 0 Å². The lowest BCUT2D eigenvalue weighted by Gasteiger charge is -2.35. The minimum atomic E-state index is 0.0395. The molecule has 19 heavy (non-hydrogen) atoms. The van der Waals surface area contributed by atoms with Gasteiger partial charge in [0.1, 0.15) is 0 Å². The summed E-state index contributed by atoms with van der Waals surface area (Å²) in [6, 6.07) is 2.51. The van der Waals surface area contributed by atoms with E-state index in [-0.39, 0.29) is 5.91 Å². The van der Waals surface area contributed by atoms with Crippen molar-refractivity contribution in [2.75, 3.05) is 32.7 Å². The summed E-state index contributed by atoms with van der Waals surface area (Å²) < 4.78 is 0. The Kier molecular flexibility index (Phi) is 8.19. The number of amides is 1. The van der Waals surface area contributed by atoms with Crippen molar-refractivity contribution in [3.63, 3.8) is 0 Å². The Morgan fingerprint density at radius 2 is 2.26 bits per heavy atom. The second-order valence-corrected chi connectivity index (χ2v) is 5.08. The quantitative estimate of drug-likeness (QED) is 0.640. The molecule has 2 N–H and O–H groups in total. The number of nitriles is 1. The monoisotopic (exact) mass is 266 g/mol. The molecule has 1 aliphatic rings. The first-order valence-electron chi connectivity index (χ1n) is 7.36. The predicted molar refractivity (Wildman–Crippen MR) is 75.6 cm³/mol. The number of piperidine rings is 1. The van der Waals surface area contributed by atoms with E-state index in [1.54, 1.807) is 0 Å². The smallest absolute Gasteiger partial charge is 0.234 e. The highest BCUT2D eigenvalue weighted by Gasteiger charge is 2.23. The van der Waals surface area contributed by atoms with Gasteiger partial charge in [-0.05, 0) is 32.4 Å². The Morgan fingerprint density at radius 3 is 3.00 bits per heavy atom. The number of nitrogens with one attached hydrogen (secondary N) is 2. The van der Waals surface area contributed by atoms with Gasteiger partial charge >= 0.3 is 0 Å². The zero-order chi connectivity index (χ0) is 13.9. The average Bonchev–Trinajstić information content (AvgIpc) is 2.41. The van der Waals surface area contributed by atoms with Gasteiger partial charge < -0.3 is 10.6 Å². The zero-order valence-electron chi connectivity index (χ0n) is 12.0. The lowest BCUT2D eigenvalue weighted by atomic mass is 10.0. The number of likely N-dealkylation sites (tertiary alicyclic amines) is 1. The fourth-order valence-corrected chi connectivity index (χ4v) is 2.44. The summed E-state index contributed by atoms with van der Waals surface area (Å²) in [5.74, 6) is 0.0395. The van der Waals surface area contributed by atoms with Crippen LogP contribution in [0.3, 0.4) is 0 Å². The largest absolute Gasteiger partial charge is 0.354 e. The van der Waals surface area contributed by atoms with Crippen LogP contribution in [-0.2, 0) is 4.79 Å². The number of carbonyl (C=O) groups is 1. The van der Waals surface area contributed by atoms with Gasteiger partial charge in [0.2, 0.25) is 5.91 Å². The minimum Gasteiger partial charge on any atom is -0.354 e. The normalized spacial score (nSPS) is 19.9. The third-order valence-corrected chi connectivity index (χ3v) is 3.46. The van der Waals surface area contributed by atoms with E-state index in [4.69, 9.17) is 5.26 Å². The molecule has 1 fully saturated rings. The summed E-state index contributed by atoms with van der Waals surface area (Å²) in [4.78, 5) is 14.1. The molecule has 1 unspecified atom stereocenters. The lowest BCUT2D eigenvalue weighted by molar-refractivity contribution is -0.123. The first-order chi connectivity index (χ1) is 9.27. The second-order valence-electron chi connectivity index (χ2n) is 5.08. The summed E-state index contributed by atoms with van der Waals surface area (Å²) in [5.41, 5.74) is 0. The number of hydrogen-bond donors (Lipinski definition) is 2. The number of nitrogens with zero attached hydrogens (tertiary/aromatic N) is 2. The maximum Gasteiger partial charge on any atom is 0.234 e. The standard InChI is InChI=1S/C14H26N4O/c1-2-8-16-11-13-6-3-4-10-18(13)12-14(19)17-9-5-7-15/h13,16H,2-6,8-12H2,1H3,(H,17,19). The highest BCUT2D eigenvalue weighted by atomic mass is 16.2. The molecule has 0 aromatic rings. The highest BCUT2D eigenvalue weighted by molar-refractivity contribution is 5.78. The SMILES string of the molecule is CCCNCC1CCCCN1CC(=O)NCCC#N. The first kappa shape index (κ1) is 15.9. The molecule has 0 aliphatic carbocycles. The Balaban J connectivity index is 2.30.